The zero-order chi connectivity index (χ0) is 10.0. The lowest BCUT2D eigenvalue weighted by atomic mass is 10.2. The van der Waals surface area contributed by atoms with E-state index in [1.165, 1.54) is 11.3 Å². The molecule has 0 saturated carbocycles. The van der Waals surface area contributed by atoms with Crippen LogP contribution >= 0.6 is 27.3 Å². The van der Waals surface area contributed by atoms with Gasteiger partial charge in [0.2, 0.25) is 0 Å². The largest absolute Gasteiger partial charge is 0.339 e. The molecule has 0 saturated heterocycles. The lowest BCUT2D eigenvalue weighted by molar-refractivity contribution is 0.0755. The van der Waals surface area contributed by atoms with Crippen LogP contribution in [0.5, 0.6) is 0 Å². The zero-order valence-electron chi connectivity index (χ0n) is 7.87. The molecule has 0 bridgehead atoms. The fourth-order valence-electron chi connectivity index (χ4n) is 0.860. The van der Waals surface area contributed by atoms with E-state index >= 15 is 0 Å². The number of hydrogen-bond donors (Lipinski definition) is 0. The number of amides is 1. The topological polar surface area (TPSA) is 20.3 Å². The summed E-state index contributed by atoms with van der Waals surface area (Å²) in [6.07, 6.45) is 0. The molecule has 0 radical (unpaired) electrons. The third-order valence-electron chi connectivity index (χ3n) is 1.91. The third-order valence-corrected chi connectivity index (χ3v) is 3.41. The molecule has 1 aromatic heterocycles. The lowest BCUT2D eigenvalue weighted by Gasteiger charge is -2.20. The average molecular weight is 262 g/mol. The number of nitrogens with zero attached hydrogens (tertiary/aromatic N) is 1. The van der Waals surface area contributed by atoms with Gasteiger partial charge in [0.05, 0.1) is 9.35 Å². The van der Waals surface area contributed by atoms with Gasteiger partial charge in [-0.3, -0.25) is 4.79 Å². The number of carbonyl (C=O) groups is 1. The molecule has 0 unspecified atom stereocenters. The molecular formula is C9H12BrNOS. The van der Waals surface area contributed by atoms with Crippen LogP contribution in [0, 0.1) is 0 Å². The van der Waals surface area contributed by atoms with Crippen LogP contribution < -0.4 is 0 Å². The zero-order valence-corrected chi connectivity index (χ0v) is 10.3. The van der Waals surface area contributed by atoms with Crippen LogP contribution in [0.2, 0.25) is 0 Å². The highest BCUT2D eigenvalue weighted by Crippen LogP contribution is 2.21. The van der Waals surface area contributed by atoms with Crippen molar-refractivity contribution in [1.29, 1.82) is 0 Å². The highest BCUT2D eigenvalue weighted by Gasteiger charge is 2.15. The molecule has 0 fully saturated rings. The minimum absolute atomic E-state index is 0.0805. The van der Waals surface area contributed by atoms with E-state index in [1.54, 1.807) is 4.90 Å². The van der Waals surface area contributed by atoms with Crippen molar-refractivity contribution in [2.75, 3.05) is 7.05 Å². The smallest absolute Gasteiger partial charge is 0.254 e. The van der Waals surface area contributed by atoms with Crippen molar-refractivity contribution >= 4 is 33.2 Å². The summed E-state index contributed by atoms with van der Waals surface area (Å²) in [5.74, 6) is 0.0805. The SMILES string of the molecule is CC(C)N(C)C(=O)c1csc(Br)c1. The molecule has 0 spiro atoms. The summed E-state index contributed by atoms with van der Waals surface area (Å²) in [7, 11) is 1.82. The summed E-state index contributed by atoms with van der Waals surface area (Å²) in [6.45, 7) is 4.00. The Morgan fingerprint density at radius 2 is 2.23 bits per heavy atom. The molecular weight excluding hydrogens is 250 g/mol. The van der Waals surface area contributed by atoms with E-state index in [0.29, 0.717) is 0 Å². The van der Waals surface area contributed by atoms with Gasteiger partial charge in [-0.25, -0.2) is 0 Å². The fraction of sp³-hybridized carbons (Fsp3) is 0.444. The van der Waals surface area contributed by atoms with Gasteiger partial charge in [0.25, 0.3) is 5.91 Å². The van der Waals surface area contributed by atoms with E-state index in [1.807, 2.05) is 32.3 Å². The van der Waals surface area contributed by atoms with Crippen molar-refractivity contribution in [2.24, 2.45) is 0 Å². The van der Waals surface area contributed by atoms with E-state index in [9.17, 15) is 4.79 Å². The summed E-state index contributed by atoms with van der Waals surface area (Å²) in [4.78, 5) is 13.4. The maximum absolute atomic E-state index is 11.7. The fourth-order valence-corrected chi connectivity index (χ4v) is 1.99. The van der Waals surface area contributed by atoms with Gasteiger partial charge in [-0.15, -0.1) is 11.3 Å². The predicted molar refractivity (Wildman–Crippen MR) is 59.2 cm³/mol. The first kappa shape index (κ1) is 10.7. The standard InChI is InChI=1S/C9H12BrNOS/c1-6(2)11(3)9(12)7-4-8(10)13-5-7/h4-6H,1-3H3. The Hall–Kier alpha value is -0.350. The van der Waals surface area contributed by atoms with Gasteiger partial charge in [0.1, 0.15) is 0 Å². The van der Waals surface area contributed by atoms with Gasteiger partial charge in [-0.1, -0.05) is 0 Å². The summed E-state index contributed by atoms with van der Waals surface area (Å²) in [6, 6.07) is 2.09. The third kappa shape index (κ3) is 2.54. The molecule has 72 valence electrons. The number of halogens is 1. The molecule has 4 heteroatoms. The molecule has 13 heavy (non-hydrogen) atoms. The van der Waals surface area contributed by atoms with Gasteiger partial charge >= 0.3 is 0 Å². The van der Waals surface area contributed by atoms with Crippen LogP contribution in [-0.4, -0.2) is 23.9 Å². The first-order valence-corrected chi connectivity index (χ1v) is 5.71. The van der Waals surface area contributed by atoms with E-state index in [0.717, 1.165) is 9.35 Å². The van der Waals surface area contributed by atoms with Crippen LogP contribution in [0.15, 0.2) is 15.2 Å². The highest BCUT2D eigenvalue weighted by molar-refractivity contribution is 9.11. The Morgan fingerprint density at radius 3 is 2.62 bits per heavy atom. The van der Waals surface area contributed by atoms with Gasteiger partial charge < -0.3 is 4.90 Å². The average Bonchev–Trinajstić information content (AvgIpc) is 2.49. The van der Waals surface area contributed by atoms with E-state index in [4.69, 9.17) is 0 Å². The van der Waals surface area contributed by atoms with Gasteiger partial charge in [-0.2, -0.15) is 0 Å². The Kier molecular flexibility index (Phi) is 3.50. The minimum atomic E-state index is 0.0805. The van der Waals surface area contributed by atoms with Crippen molar-refractivity contribution in [3.8, 4) is 0 Å². The van der Waals surface area contributed by atoms with Gasteiger partial charge in [0.15, 0.2) is 0 Å². The van der Waals surface area contributed by atoms with Gasteiger partial charge in [0, 0.05) is 18.5 Å². The Morgan fingerprint density at radius 1 is 1.62 bits per heavy atom. The van der Waals surface area contributed by atoms with E-state index in [2.05, 4.69) is 15.9 Å². The van der Waals surface area contributed by atoms with Crippen LogP contribution in [0.25, 0.3) is 0 Å². The Labute approximate surface area is 90.7 Å². The summed E-state index contributed by atoms with van der Waals surface area (Å²) in [5.41, 5.74) is 0.757. The molecule has 1 aromatic rings. The van der Waals surface area contributed by atoms with Crippen LogP contribution in [0.1, 0.15) is 24.2 Å². The molecule has 2 nitrogen and oxygen atoms in total. The van der Waals surface area contributed by atoms with Crippen LogP contribution in [0.3, 0.4) is 0 Å². The summed E-state index contributed by atoms with van der Waals surface area (Å²) < 4.78 is 0.994. The molecule has 0 aliphatic carbocycles. The number of thiophene rings is 1. The van der Waals surface area contributed by atoms with Crippen LogP contribution in [0.4, 0.5) is 0 Å². The van der Waals surface area contributed by atoms with Gasteiger partial charge in [-0.05, 0) is 35.8 Å². The van der Waals surface area contributed by atoms with Crippen molar-refractivity contribution in [3.63, 3.8) is 0 Å². The molecule has 1 amide bonds. The summed E-state index contributed by atoms with van der Waals surface area (Å²) in [5, 5.41) is 1.87. The molecule has 0 atom stereocenters. The number of carbonyl (C=O) groups excluding carboxylic acids is 1. The van der Waals surface area contributed by atoms with E-state index in [-0.39, 0.29) is 11.9 Å². The molecule has 1 heterocycles. The molecule has 0 aliphatic heterocycles. The first-order valence-electron chi connectivity index (χ1n) is 4.03. The van der Waals surface area contributed by atoms with Crippen LogP contribution in [-0.2, 0) is 0 Å². The first-order chi connectivity index (χ1) is 6.02. The second kappa shape index (κ2) is 4.24. The molecule has 0 aromatic carbocycles. The van der Waals surface area contributed by atoms with Crippen molar-refractivity contribution < 1.29 is 4.79 Å². The normalized spacial score (nSPS) is 10.5. The second-order valence-electron chi connectivity index (χ2n) is 3.15. The van der Waals surface area contributed by atoms with Crippen molar-refractivity contribution in [1.82, 2.24) is 4.90 Å². The van der Waals surface area contributed by atoms with Crippen molar-refractivity contribution in [3.05, 3.63) is 20.8 Å². The number of rotatable bonds is 2. The number of hydrogen-bond acceptors (Lipinski definition) is 2. The Bertz CT molecular complexity index is 308. The van der Waals surface area contributed by atoms with E-state index < -0.39 is 0 Å². The highest BCUT2D eigenvalue weighted by atomic mass is 79.9. The maximum Gasteiger partial charge on any atom is 0.254 e. The molecule has 1 rings (SSSR count). The lowest BCUT2D eigenvalue weighted by Crippen LogP contribution is -2.32. The minimum Gasteiger partial charge on any atom is -0.339 e. The predicted octanol–water partition coefficient (Wildman–Crippen LogP) is 2.99. The Balaban J connectivity index is 2.79. The second-order valence-corrected chi connectivity index (χ2v) is 5.44. The van der Waals surface area contributed by atoms with Crippen molar-refractivity contribution in [2.45, 2.75) is 19.9 Å². The quantitative estimate of drug-likeness (QED) is 0.802. The molecule has 0 aliphatic rings. The summed E-state index contributed by atoms with van der Waals surface area (Å²) >= 11 is 4.87. The molecule has 0 N–H and O–H groups in total. The maximum atomic E-state index is 11.7. The monoisotopic (exact) mass is 261 g/mol.